The lowest BCUT2D eigenvalue weighted by molar-refractivity contribution is -0.144. The van der Waals surface area contributed by atoms with Crippen LogP contribution in [0.2, 0.25) is 0 Å². The van der Waals surface area contributed by atoms with Gasteiger partial charge in [0.15, 0.2) is 11.6 Å². The Labute approximate surface area is 311 Å². The summed E-state index contributed by atoms with van der Waals surface area (Å²) < 4.78 is 4.84. The predicted octanol–water partition coefficient (Wildman–Crippen LogP) is 6.70. The van der Waals surface area contributed by atoms with Crippen LogP contribution in [0.3, 0.4) is 0 Å². The minimum atomic E-state index is -1.02. The van der Waals surface area contributed by atoms with E-state index in [2.05, 4.69) is 73.0 Å². The van der Waals surface area contributed by atoms with Crippen molar-refractivity contribution in [1.82, 2.24) is 10.2 Å². The average molecular weight is 733 g/mol. The zero-order chi connectivity index (χ0) is 38.1. The molecule has 0 spiro atoms. The van der Waals surface area contributed by atoms with Gasteiger partial charge in [0.1, 0.15) is 11.8 Å². The molecule has 3 amide bonds. The number of hydrogen-bond donors (Lipinski definition) is 2. The molecule has 2 atom stereocenters. The van der Waals surface area contributed by atoms with Gasteiger partial charge in [0, 0.05) is 25.0 Å². The molecule has 2 N–H and O–H groups in total. The molecule has 0 aliphatic carbocycles. The summed E-state index contributed by atoms with van der Waals surface area (Å²) in [5, 5.41) is 11.7. The van der Waals surface area contributed by atoms with Crippen molar-refractivity contribution in [1.29, 1.82) is 0 Å². The van der Waals surface area contributed by atoms with E-state index in [-0.39, 0.29) is 48.0 Å². The van der Waals surface area contributed by atoms with Crippen molar-refractivity contribution in [3.63, 3.8) is 0 Å². The molecule has 280 valence electrons. The Morgan fingerprint density at radius 2 is 1.46 bits per heavy atom. The van der Waals surface area contributed by atoms with Crippen LogP contribution in [0, 0.1) is 0 Å². The molecule has 0 aromatic heterocycles. The largest absolute Gasteiger partial charge is 0.507 e. The minimum absolute atomic E-state index is 0.00509. The first kappa shape index (κ1) is 43.4. The maximum atomic E-state index is 13.0. The third kappa shape index (κ3) is 17.0. The Hall–Kier alpha value is -4.77. The summed E-state index contributed by atoms with van der Waals surface area (Å²) in [7, 11) is 1.20. The zero-order valence-electron chi connectivity index (χ0n) is 30.5. The number of benzene rings is 1. The summed E-state index contributed by atoms with van der Waals surface area (Å²) in [5.41, 5.74) is 0.548. The molecule has 2 rings (SSSR count). The second-order valence-electron chi connectivity index (χ2n) is 12.1. The van der Waals surface area contributed by atoms with E-state index in [1.165, 1.54) is 32.2 Å². The minimum Gasteiger partial charge on any atom is -0.507 e. The van der Waals surface area contributed by atoms with Gasteiger partial charge >= 0.3 is 5.97 Å². The number of ether oxygens (including phenoxy) is 1. The molecular weight excluding hydrogens is 681 g/mol. The van der Waals surface area contributed by atoms with Gasteiger partial charge in [0.25, 0.3) is 0 Å². The number of imide groups is 1. The Morgan fingerprint density at radius 1 is 0.904 bits per heavy atom. The van der Waals surface area contributed by atoms with Crippen LogP contribution in [0.4, 0.5) is 0 Å². The molecule has 1 saturated heterocycles. The van der Waals surface area contributed by atoms with Crippen LogP contribution in [0.1, 0.15) is 87.6 Å². The van der Waals surface area contributed by atoms with E-state index < -0.39 is 41.4 Å². The number of carbonyl (C=O) groups is 6. The molecule has 2 unspecified atom stereocenters. The van der Waals surface area contributed by atoms with Crippen LogP contribution in [-0.4, -0.2) is 76.0 Å². The number of ketones is 2. The number of phenols is 1. The highest BCUT2D eigenvalue weighted by molar-refractivity contribution is 8.00. The number of amides is 3. The van der Waals surface area contributed by atoms with E-state index in [9.17, 15) is 33.9 Å². The first-order chi connectivity index (χ1) is 25.1. The molecule has 0 radical (unpaired) electrons. The summed E-state index contributed by atoms with van der Waals surface area (Å²) in [4.78, 5) is 75.9. The smallest absolute Gasteiger partial charge is 0.329 e. The third-order valence-electron chi connectivity index (χ3n) is 7.80. The summed E-state index contributed by atoms with van der Waals surface area (Å²) in [6, 6.07) is 3.21. The maximum Gasteiger partial charge on any atom is 0.329 e. The fraction of sp³-hybridized carbons (Fsp3) is 0.415. The van der Waals surface area contributed by atoms with Gasteiger partial charge in [-0.1, -0.05) is 85.9 Å². The van der Waals surface area contributed by atoms with Gasteiger partial charge in [-0.25, -0.2) is 4.79 Å². The van der Waals surface area contributed by atoms with Gasteiger partial charge in [-0.3, -0.25) is 28.9 Å². The molecule has 1 aliphatic heterocycles. The highest BCUT2D eigenvalue weighted by Gasteiger charge is 2.40. The van der Waals surface area contributed by atoms with Crippen LogP contribution >= 0.6 is 11.8 Å². The highest BCUT2D eigenvalue weighted by Crippen LogP contribution is 2.26. The van der Waals surface area contributed by atoms with E-state index in [1.54, 1.807) is 0 Å². The van der Waals surface area contributed by atoms with Gasteiger partial charge in [0.2, 0.25) is 17.7 Å². The summed E-state index contributed by atoms with van der Waals surface area (Å²) in [6.45, 7) is 2.99. The number of thioether (sulfide) groups is 1. The maximum absolute atomic E-state index is 13.0. The molecule has 0 saturated carbocycles. The molecule has 10 nitrogen and oxygen atoms in total. The van der Waals surface area contributed by atoms with Crippen LogP contribution in [-0.2, 0) is 35.1 Å². The average Bonchev–Trinajstić information content (AvgIpc) is 3.38. The number of allylic oxidation sites excluding steroid dienone is 12. The molecule has 1 heterocycles. The quantitative estimate of drug-likeness (QED) is 0.0513. The lowest BCUT2D eigenvalue weighted by Gasteiger charge is -2.18. The molecule has 1 aromatic rings. The summed E-state index contributed by atoms with van der Waals surface area (Å²) in [5.74, 6) is -3.05. The first-order valence-corrected chi connectivity index (χ1v) is 18.7. The lowest BCUT2D eigenvalue weighted by Crippen LogP contribution is -2.44. The normalized spacial score (nSPS) is 15.8. The van der Waals surface area contributed by atoms with Crippen LogP contribution in [0.15, 0.2) is 91.1 Å². The van der Waals surface area contributed by atoms with Crippen molar-refractivity contribution in [2.24, 2.45) is 0 Å². The predicted molar refractivity (Wildman–Crippen MR) is 206 cm³/mol. The van der Waals surface area contributed by atoms with Crippen molar-refractivity contribution >= 4 is 47.0 Å². The number of likely N-dealkylation sites (tertiary alicyclic amines) is 1. The number of esters is 1. The van der Waals surface area contributed by atoms with Gasteiger partial charge in [-0.2, -0.15) is 0 Å². The fourth-order valence-electron chi connectivity index (χ4n) is 5.03. The molecule has 0 bridgehead atoms. The van der Waals surface area contributed by atoms with Crippen LogP contribution < -0.4 is 5.32 Å². The highest BCUT2D eigenvalue weighted by atomic mass is 32.2. The van der Waals surface area contributed by atoms with Gasteiger partial charge in [0.05, 0.1) is 24.5 Å². The zero-order valence-corrected chi connectivity index (χ0v) is 31.3. The van der Waals surface area contributed by atoms with Crippen LogP contribution in [0.5, 0.6) is 5.75 Å². The monoisotopic (exact) mass is 732 g/mol. The van der Waals surface area contributed by atoms with E-state index in [1.807, 2.05) is 12.2 Å². The van der Waals surface area contributed by atoms with E-state index in [4.69, 9.17) is 4.74 Å². The SMILES string of the molecule is CC/C=C\C/C=C\C/C=C\C/C=C\C/C=C\C/C=C\CCC(=O)NC(CSC1CC(=O)N(CC(=O)Cc2ccc(O)c(C(C)=O)c2)C1=O)C(=O)OC. The number of carbonyl (C=O) groups excluding carboxylic acids is 6. The summed E-state index contributed by atoms with van der Waals surface area (Å²) >= 11 is 1.05. The molecule has 1 aromatic carbocycles. The van der Waals surface area contributed by atoms with Gasteiger partial charge in [-0.05, 0) is 69.6 Å². The van der Waals surface area contributed by atoms with Gasteiger partial charge < -0.3 is 15.2 Å². The number of rotatable bonds is 24. The molecule has 1 fully saturated rings. The van der Waals surface area contributed by atoms with Crippen molar-refractivity contribution in [2.75, 3.05) is 19.4 Å². The number of nitrogens with one attached hydrogen (secondary N) is 1. The number of Topliss-reactive ketones (excluding diaryl/α,β-unsaturated/α-hetero) is 2. The fourth-order valence-corrected chi connectivity index (χ4v) is 6.20. The number of hydrogen-bond acceptors (Lipinski definition) is 9. The number of aromatic hydroxyl groups is 1. The Morgan fingerprint density at radius 3 is 2.00 bits per heavy atom. The number of phenolic OH excluding ortho intramolecular Hbond substituents is 1. The third-order valence-corrected chi connectivity index (χ3v) is 9.09. The standard InChI is InChI=1S/C41H52N2O8S/c1-4-5-6-7-8-9-10-11-12-13-14-15-16-17-18-19-20-21-22-23-38(47)42-35(41(50)51-3)30-52-37-28-39(48)43(40(37)49)29-33(45)26-32-24-25-36(46)34(27-32)31(2)44/h5-6,8-9,11-12,14-15,17-18,20-21,24-25,27,35,37,46H,4,7,10,13,16,19,22-23,26,28-30H2,1-3H3,(H,42,47)/b6-5-,9-8-,12-11-,15-14-,18-17-,21-20-. The Balaban J connectivity index is 1.70. The van der Waals surface area contributed by atoms with Crippen molar-refractivity contribution in [2.45, 2.75) is 89.3 Å². The van der Waals surface area contributed by atoms with E-state index in [0.717, 1.165) is 55.2 Å². The summed E-state index contributed by atoms with van der Waals surface area (Å²) in [6.07, 6.45) is 31.2. The molecule has 11 heteroatoms. The molecule has 52 heavy (non-hydrogen) atoms. The Bertz CT molecular complexity index is 1560. The number of nitrogens with zero attached hydrogens (tertiary/aromatic N) is 1. The number of methoxy groups -OCH3 is 1. The van der Waals surface area contributed by atoms with E-state index >= 15 is 0 Å². The van der Waals surface area contributed by atoms with Gasteiger partial charge in [-0.15, -0.1) is 11.8 Å². The van der Waals surface area contributed by atoms with Crippen molar-refractivity contribution in [3.8, 4) is 5.75 Å². The lowest BCUT2D eigenvalue weighted by atomic mass is 10.0. The second-order valence-corrected chi connectivity index (χ2v) is 13.3. The van der Waals surface area contributed by atoms with E-state index in [0.29, 0.717) is 12.0 Å². The topological polar surface area (TPSA) is 147 Å². The Kier molecular flexibility index (Phi) is 21.1. The van der Waals surface area contributed by atoms with Crippen molar-refractivity contribution in [3.05, 3.63) is 102 Å². The second kappa shape index (κ2) is 25.2. The van der Waals surface area contributed by atoms with Crippen molar-refractivity contribution < 1.29 is 38.6 Å². The first-order valence-electron chi connectivity index (χ1n) is 17.6. The van der Waals surface area contributed by atoms with Crippen LogP contribution in [0.25, 0.3) is 0 Å². The molecule has 1 aliphatic rings. The molecular formula is C41H52N2O8S.